The molecule has 1 aliphatic carbocycles. The third-order valence-corrected chi connectivity index (χ3v) is 6.31. The maximum atomic E-state index is 11.9. The van der Waals surface area contributed by atoms with Crippen LogP contribution >= 0.6 is 11.8 Å². The van der Waals surface area contributed by atoms with Gasteiger partial charge >= 0.3 is 0 Å². The molecule has 1 aromatic rings. The number of nitro groups is 1. The van der Waals surface area contributed by atoms with Gasteiger partial charge in [-0.2, -0.15) is 0 Å². The Bertz CT molecular complexity index is 667. The predicted octanol–water partition coefficient (Wildman–Crippen LogP) is 5.26. The van der Waals surface area contributed by atoms with Gasteiger partial charge in [-0.3, -0.25) is 10.1 Å². The molecule has 0 saturated carbocycles. The van der Waals surface area contributed by atoms with Gasteiger partial charge in [0, 0.05) is 34.3 Å². The topological polar surface area (TPSA) is 63.4 Å². The first-order chi connectivity index (χ1) is 12.3. The first kappa shape index (κ1) is 20.7. The highest BCUT2D eigenvalue weighted by Gasteiger charge is 2.48. The van der Waals surface area contributed by atoms with Crippen LogP contribution in [-0.2, 0) is 0 Å². The van der Waals surface area contributed by atoms with Gasteiger partial charge in [0.1, 0.15) is 0 Å². The summed E-state index contributed by atoms with van der Waals surface area (Å²) in [7, 11) is 0. The fraction of sp³-hybridized carbons (Fsp3) is 0.524. The molecular weight excluding hydrogens is 346 g/mol. The lowest BCUT2D eigenvalue weighted by atomic mass is 9.73. The van der Waals surface area contributed by atoms with Crippen molar-refractivity contribution in [3.63, 3.8) is 0 Å². The Morgan fingerprint density at radius 1 is 1.38 bits per heavy atom. The minimum absolute atomic E-state index is 0.107. The molecule has 4 nitrogen and oxygen atoms in total. The van der Waals surface area contributed by atoms with E-state index in [4.69, 9.17) is 0 Å². The van der Waals surface area contributed by atoms with Crippen LogP contribution in [0.5, 0.6) is 0 Å². The first-order valence-electron chi connectivity index (χ1n) is 9.17. The van der Waals surface area contributed by atoms with E-state index in [2.05, 4.69) is 18.2 Å². The lowest BCUT2D eigenvalue weighted by Crippen LogP contribution is -2.46. The maximum Gasteiger partial charge on any atom is 0.228 e. The van der Waals surface area contributed by atoms with Crippen LogP contribution in [0.3, 0.4) is 0 Å². The van der Waals surface area contributed by atoms with E-state index in [9.17, 15) is 15.2 Å². The third-order valence-electron chi connectivity index (χ3n) is 5.19. The fourth-order valence-electron chi connectivity index (χ4n) is 3.55. The van der Waals surface area contributed by atoms with E-state index < -0.39 is 11.6 Å². The molecule has 0 radical (unpaired) electrons. The van der Waals surface area contributed by atoms with Crippen LogP contribution in [0.25, 0.3) is 0 Å². The summed E-state index contributed by atoms with van der Waals surface area (Å²) in [6.45, 7) is 5.76. The monoisotopic (exact) mass is 375 g/mol. The van der Waals surface area contributed by atoms with Gasteiger partial charge in [-0.05, 0) is 38.8 Å². The second-order valence-electron chi connectivity index (χ2n) is 7.48. The number of benzene rings is 1. The largest absolute Gasteiger partial charge is 0.389 e. The molecule has 0 saturated heterocycles. The molecule has 0 spiro atoms. The van der Waals surface area contributed by atoms with Crippen LogP contribution in [0.15, 0.2) is 58.5 Å². The van der Waals surface area contributed by atoms with Gasteiger partial charge in [-0.25, -0.2) is 0 Å². The Morgan fingerprint density at radius 3 is 2.62 bits per heavy atom. The Labute approximate surface area is 160 Å². The highest BCUT2D eigenvalue weighted by Crippen LogP contribution is 2.39. The van der Waals surface area contributed by atoms with E-state index in [1.807, 2.05) is 39.0 Å². The van der Waals surface area contributed by atoms with Gasteiger partial charge in [0.25, 0.3) is 0 Å². The van der Waals surface area contributed by atoms with Crippen LogP contribution in [0.2, 0.25) is 0 Å². The molecule has 1 aromatic carbocycles. The molecule has 2 rings (SSSR count). The normalized spacial score (nSPS) is 22.2. The van der Waals surface area contributed by atoms with Crippen molar-refractivity contribution in [1.29, 1.82) is 0 Å². The fourth-order valence-corrected chi connectivity index (χ4v) is 4.52. The van der Waals surface area contributed by atoms with E-state index in [-0.39, 0.29) is 10.8 Å². The van der Waals surface area contributed by atoms with E-state index in [0.29, 0.717) is 19.3 Å². The molecular formula is C21H29NO3S. The van der Waals surface area contributed by atoms with Crippen LogP contribution < -0.4 is 0 Å². The van der Waals surface area contributed by atoms with Crippen molar-refractivity contribution in [3.05, 3.63) is 63.7 Å². The number of allylic oxidation sites excluding steroid dienone is 1. The lowest BCUT2D eigenvalue weighted by Gasteiger charge is -2.34. The number of thioether (sulfide) groups is 1. The van der Waals surface area contributed by atoms with E-state index in [1.165, 1.54) is 10.5 Å². The summed E-state index contributed by atoms with van der Waals surface area (Å²) in [4.78, 5) is 13.0. The molecule has 142 valence electrons. The standard InChI is InChI=1S/C21H29NO3S/c1-16(2)13-19(23)14-17(3)21(22(24)25)11-9-18(10-12-21)15-26-20-7-5-4-6-8-20/h4-9,13,17,19,23H,10-12,14-15H2,1-3H3/t17-,19+,21+/m0/s1. The Balaban J connectivity index is 2.01. The quantitative estimate of drug-likeness (QED) is 0.291. The smallest absolute Gasteiger partial charge is 0.228 e. The molecule has 5 heteroatoms. The summed E-state index contributed by atoms with van der Waals surface area (Å²) in [6.07, 6.45) is 5.40. The maximum absolute atomic E-state index is 11.9. The molecule has 26 heavy (non-hydrogen) atoms. The van der Waals surface area contributed by atoms with Gasteiger partial charge in [0.2, 0.25) is 5.54 Å². The van der Waals surface area contributed by atoms with Crippen molar-refractivity contribution < 1.29 is 10.0 Å². The Morgan fingerprint density at radius 2 is 2.08 bits per heavy atom. The van der Waals surface area contributed by atoms with E-state index in [0.717, 1.165) is 17.7 Å². The van der Waals surface area contributed by atoms with E-state index >= 15 is 0 Å². The summed E-state index contributed by atoms with van der Waals surface area (Å²) in [5.41, 5.74) is 1.36. The van der Waals surface area contributed by atoms with Crippen molar-refractivity contribution in [2.45, 2.75) is 63.0 Å². The first-order valence-corrected chi connectivity index (χ1v) is 10.2. The molecule has 0 unspecified atom stereocenters. The van der Waals surface area contributed by atoms with Crippen LogP contribution in [0, 0.1) is 16.0 Å². The van der Waals surface area contributed by atoms with Crippen molar-refractivity contribution in [2.24, 2.45) is 5.92 Å². The number of hydrogen-bond donors (Lipinski definition) is 1. The van der Waals surface area contributed by atoms with Crippen molar-refractivity contribution >= 4 is 11.8 Å². The van der Waals surface area contributed by atoms with Crippen LogP contribution in [-0.4, -0.2) is 27.4 Å². The zero-order chi connectivity index (χ0) is 19.2. The molecule has 1 N–H and O–H groups in total. The molecule has 0 aromatic heterocycles. The zero-order valence-corrected chi connectivity index (χ0v) is 16.7. The summed E-state index contributed by atoms with van der Waals surface area (Å²) >= 11 is 1.78. The average molecular weight is 376 g/mol. The van der Waals surface area contributed by atoms with Crippen LogP contribution in [0.1, 0.15) is 46.5 Å². The van der Waals surface area contributed by atoms with E-state index in [1.54, 1.807) is 17.8 Å². The highest BCUT2D eigenvalue weighted by molar-refractivity contribution is 7.99. The SMILES string of the molecule is CC(C)=C[C@@H](O)C[C@H](C)[C@@]1([N+](=O)[O-])CC=C(CSc2ccccc2)CC1. The number of aliphatic hydroxyl groups excluding tert-OH is 1. The van der Waals surface area contributed by atoms with Gasteiger partial charge in [-0.15, -0.1) is 11.8 Å². The Kier molecular flexibility index (Phi) is 7.47. The number of nitrogens with zero attached hydrogens (tertiary/aromatic N) is 1. The summed E-state index contributed by atoms with van der Waals surface area (Å²) < 4.78 is 0. The number of hydrogen-bond acceptors (Lipinski definition) is 4. The predicted molar refractivity (Wildman–Crippen MR) is 108 cm³/mol. The number of aliphatic hydroxyl groups is 1. The summed E-state index contributed by atoms with van der Waals surface area (Å²) in [6, 6.07) is 10.2. The third kappa shape index (κ3) is 5.45. The second kappa shape index (κ2) is 9.38. The van der Waals surface area contributed by atoms with Crippen molar-refractivity contribution in [3.8, 4) is 0 Å². The summed E-state index contributed by atoms with van der Waals surface area (Å²) in [5, 5.41) is 22.0. The van der Waals surface area contributed by atoms with Gasteiger partial charge in [-0.1, -0.05) is 48.4 Å². The van der Waals surface area contributed by atoms with Gasteiger partial charge < -0.3 is 5.11 Å². The molecule has 1 aliphatic rings. The molecule has 0 bridgehead atoms. The number of rotatable bonds is 8. The van der Waals surface area contributed by atoms with Crippen LogP contribution in [0.4, 0.5) is 0 Å². The van der Waals surface area contributed by atoms with Gasteiger partial charge in [0.05, 0.1) is 6.10 Å². The molecule has 0 fully saturated rings. The minimum atomic E-state index is -0.961. The Hall–Kier alpha value is -1.59. The summed E-state index contributed by atoms with van der Waals surface area (Å²) in [5.74, 6) is 0.703. The van der Waals surface area contributed by atoms with Crippen molar-refractivity contribution in [1.82, 2.24) is 0 Å². The average Bonchev–Trinajstić information content (AvgIpc) is 2.60. The zero-order valence-electron chi connectivity index (χ0n) is 15.9. The van der Waals surface area contributed by atoms with Crippen molar-refractivity contribution in [2.75, 3.05) is 5.75 Å². The molecule has 3 atom stereocenters. The van der Waals surface area contributed by atoms with Gasteiger partial charge in [0.15, 0.2) is 0 Å². The molecule has 0 aliphatic heterocycles. The molecule has 0 heterocycles. The lowest BCUT2D eigenvalue weighted by molar-refractivity contribution is -0.582. The minimum Gasteiger partial charge on any atom is -0.389 e. The second-order valence-corrected chi connectivity index (χ2v) is 8.53. The highest BCUT2D eigenvalue weighted by atomic mass is 32.2. The molecule has 0 amide bonds.